The van der Waals surface area contributed by atoms with Crippen LogP contribution in [0.2, 0.25) is 0 Å². The highest BCUT2D eigenvalue weighted by Crippen LogP contribution is 2.43. The van der Waals surface area contributed by atoms with E-state index in [9.17, 15) is 9.32 Å². The van der Waals surface area contributed by atoms with E-state index in [1.165, 1.54) is 6.42 Å². The van der Waals surface area contributed by atoms with Crippen LogP contribution in [0, 0.1) is 11.3 Å². The molecule has 0 heterocycles. The molecule has 1 aliphatic carbocycles. The van der Waals surface area contributed by atoms with Crippen LogP contribution in [0.3, 0.4) is 0 Å². The van der Waals surface area contributed by atoms with Gasteiger partial charge in [-0.15, -0.1) is 0 Å². The highest BCUT2D eigenvalue weighted by atomic mass is 32.2. The van der Waals surface area contributed by atoms with Crippen molar-refractivity contribution in [3.8, 4) is 0 Å². The number of aliphatic hydroxyl groups excluding tert-OH is 1. The van der Waals surface area contributed by atoms with Gasteiger partial charge in [-0.1, -0.05) is 32.9 Å². The lowest BCUT2D eigenvalue weighted by Crippen LogP contribution is -2.54. The summed E-state index contributed by atoms with van der Waals surface area (Å²) in [5, 5.41) is 13.6. The monoisotopic (exact) mass is 323 g/mol. The van der Waals surface area contributed by atoms with Crippen molar-refractivity contribution in [3.63, 3.8) is 0 Å². The minimum absolute atomic E-state index is 0.178. The quantitative estimate of drug-likeness (QED) is 0.875. The first-order valence-electron chi connectivity index (χ1n) is 8.04. The lowest BCUT2D eigenvalue weighted by Gasteiger charge is -2.47. The third kappa shape index (κ3) is 4.40. The van der Waals surface area contributed by atoms with Crippen LogP contribution in [-0.2, 0) is 17.3 Å². The molecule has 124 valence electrons. The fourth-order valence-electron chi connectivity index (χ4n) is 4.14. The Hall–Kier alpha value is -0.710. The third-order valence-electron chi connectivity index (χ3n) is 4.68. The van der Waals surface area contributed by atoms with Crippen molar-refractivity contribution in [2.75, 3.05) is 12.9 Å². The molecule has 0 aliphatic heterocycles. The molecule has 1 aromatic carbocycles. The van der Waals surface area contributed by atoms with Gasteiger partial charge in [-0.2, -0.15) is 0 Å². The van der Waals surface area contributed by atoms with Crippen molar-refractivity contribution in [1.82, 2.24) is 5.32 Å². The molecule has 22 heavy (non-hydrogen) atoms. The Balaban J connectivity index is 2.05. The Morgan fingerprint density at radius 2 is 1.91 bits per heavy atom. The van der Waals surface area contributed by atoms with E-state index in [2.05, 4.69) is 26.1 Å². The zero-order valence-electron chi connectivity index (χ0n) is 14.2. The lowest BCUT2D eigenvalue weighted by molar-refractivity contribution is 0.0352. The van der Waals surface area contributed by atoms with Gasteiger partial charge in [0.25, 0.3) is 0 Å². The van der Waals surface area contributed by atoms with Crippen LogP contribution in [0.1, 0.15) is 45.6 Å². The molecule has 2 rings (SSSR count). The van der Waals surface area contributed by atoms with E-state index in [1.54, 1.807) is 6.26 Å². The van der Waals surface area contributed by atoms with Crippen molar-refractivity contribution < 1.29 is 9.32 Å². The van der Waals surface area contributed by atoms with Crippen molar-refractivity contribution in [2.24, 2.45) is 11.3 Å². The topological polar surface area (TPSA) is 49.3 Å². The summed E-state index contributed by atoms with van der Waals surface area (Å²) in [4.78, 5) is 0.855. The van der Waals surface area contributed by atoms with Crippen LogP contribution in [0.15, 0.2) is 29.2 Å². The second-order valence-electron chi connectivity index (χ2n) is 7.74. The molecule has 1 fully saturated rings. The molecule has 0 saturated heterocycles. The number of hydrogen-bond donors (Lipinski definition) is 2. The van der Waals surface area contributed by atoms with Crippen molar-refractivity contribution in [1.29, 1.82) is 0 Å². The lowest BCUT2D eigenvalue weighted by atomic mass is 9.64. The number of aliphatic hydroxyl groups is 1. The highest BCUT2D eigenvalue weighted by molar-refractivity contribution is 7.84. The van der Waals surface area contributed by atoms with Crippen LogP contribution in [0.5, 0.6) is 0 Å². The summed E-state index contributed by atoms with van der Waals surface area (Å²) in [5.41, 5.74) is 1.24. The molecule has 0 unspecified atom stereocenters. The molecular weight excluding hydrogens is 294 g/mol. The molecule has 0 amide bonds. The molecule has 3 atom stereocenters. The van der Waals surface area contributed by atoms with E-state index < -0.39 is 10.8 Å². The van der Waals surface area contributed by atoms with E-state index in [0.717, 1.165) is 29.8 Å². The molecule has 2 N–H and O–H groups in total. The van der Waals surface area contributed by atoms with Gasteiger partial charge in [0.15, 0.2) is 0 Å². The fraction of sp³-hybridized carbons (Fsp3) is 0.667. The SMILES string of the molecule is C[C@@H]1CC(C)(C)C[C@](CO)(NCc2ccc([S@](C)=O)cc2)C1. The smallest absolute Gasteiger partial charge is 0.0613 e. The largest absolute Gasteiger partial charge is 0.394 e. The molecule has 1 aliphatic rings. The predicted octanol–water partition coefficient (Wildman–Crippen LogP) is 3.09. The summed E-state index contributed by atoms with van der Waals surface area (Å²) < 4.78 is 11.4. The second-order valence-corrected chi connectivity index (χ2v) is 9.12. The Labute approximate surface area is 137 Å². The Morgan fingerprint density at radius 3 is 2.41 bits per heavy atom. The maximum absolute atomic E-state index is 11.4. The van der Waals surface area contributed by atoms with Gasteiger partial charge in [-0.25, -0.2) is 0 Å². The molecule has 0 bridgehead atoms. The maximum atomic E-state index is 11.4. The normalized spacial score (nSPS) is 29.2. The number of benzene rings is 1. The van der Waals surface area contributed by atoms with Gasteiger partial charge in [-0.05, 0) is 48.3 Å². The zero-order chi connectivity index (χ0) is 16.4. The average Bonchev–Trinajstić information content (AvgIpc) is 2.43. The van der Waals surface area contributed by atoms with Gasteiger partial charge in [0.05, 0.1) is 6.61 Å². The summed E-state index contributed by atoms with van der Waals surface area (Å²) in [5.74, 6) is 0.619. The van der Waals surface area contributed by atoms with Gasteiger partial charge in [0, 0.05) is 34.0 Å². The molecule has 0 radical (unpaired) electrons. The highest BCUT2D eigenvalue weighted by Gasteiger charge is 2.42. The van der Waals surface area contributed by atoms with Gasteiger partial charge >= 0.3 is 0 Å². The maximum Gasteiger partial charge on any atom is 0.0613 e. The number of hydrogen-bond acceptors (Lipinski definition) is 3. The third-order valence-corrected chi connectivity index (χ3v) is 5.62. The molecule has 4 heteroatoms. The van der Waals surface area contributed by atoms with Gasteiger partial charge < -0.3 is 10.4 Å². The standard InChI is InChI=1S/C18H29NO2S/c1-14-9-17(2,3)12-18(10-14,13-20)19-11-15-5-7-16(8-6-15)22(4)21/h5-8,14,19-20H,9-13H2,1-4H3/t14-,18-,22+/m1/s1. The number of nitrogens with one attached hydrogen (secondary N) is 1. The van der Waals surface area contributed by atoms with Crippen molar-refractivity contribution in [2.45, 2.75) is 57.0 Å². The second kappa shape index (κ2) is 6.81. The Kier molecular flexibility index (Phi) is 5.46. The van der Waals surface area contributed by atoms with Gasteiger partial charge in [0.2, 0.25) is 0 Å². The molecule has 1 aromatic rings. The summed E-state index contributed by atoms with van der Waals surface area (Å²) in [6.07, 6.45) is 4.93. The van der Waals surface area contributed by atoms with E-state index >= 15 is 0 Å². The fourth-order valence-corrected chi connectivity index (χ4v) is 4.66. The summed E-state index contributed by atoms with van der Waals surface area (Å²) in [7, 11) is -0.931. The van der Waals surface area contributed by atoms with E-state index in [-0.39, 0.29) is 17.6 Å². The van der Waals surface area contributed by atoms with Crippen LogP contribution in [-0.4, -0.2) is 27.7 Å². The zero-order valence-corrected chi connectivity index (χ0v) is 15.0. The first-order valence-corrected chi connectivity index (χ1v) is 9.59. The number of rotatable bonds is 5. The van der Waals surface area contributed by atoms with Crippen molar-refractivity contribution in [3.05, 3.63) is 29.8 Å². The van der Waals surface area contributed by atoms with Crippen LogP contribution < -0.4 is 5.32 Å². The Morgan fingerprint density at radius 1 is 1.27 bits per heavy atom. The van der Waals surface area contributed by atoms with E-state index in [4.69, 9.17) is 0 Å². The Bertz CT molecular complexity index is 526. The summed E-state index contributed by atoms with van der Waals surface area (Å²) in [6.45, 7) is 7.77. The first-order chi connectivity index (χ1) is 10.3. The minimum atomic E-state index is -0.931. The molecule has 1 saturated carbocycles. The molecular formula is C18H29NO2S. The van der Waals surface area contributed by atoms with Crippen LogP contribution in [0.4, 0.5) is 0 Å². The molecule has 0 spiro atoms. The summed E-state index contributed by atoms with van der Waals surface area (Å²) in [6, 6.07) is 7.89. The first kappa shape index (κ1) is 17.6. The molecule has 0 aromatic heterocycles. The minimum Gasteiger partial charge on any atom is -0.394 e. The van der Waals surface area contributed by atoms with Gasteiger partial charge in [-0.3, -0.25) is 4.21 Å². The van der Waals surface area contributed by atoms with E-state index in [0.29, 0.717) is 5.92 Å². The van der Waals surface area contributed by atoms with Gasteiger partial charge in [0.1, 0.15) is 0 Å². The molecule has 3 nitrogen and oxygen atoms in total. The van der Waals surface area contributed by atoms with Crippen LogP contribution >= 0.6 is 0 Å². The summed E-state index contributed by atoms with van der Waals surface area (Å²) >= 11 is 0. The van der Waals surface area contributed by atoms with Crippen molar-refractivity contribution >= 4 is 10.8 Å². The van der Waals surface area contributed by atoms with E-state index in [1.807, 2.05) is 24.3 Å². The predicted molar refractivity (Wildman–Crippen MR) is 92.2 cm³/mol. The average molecular weight is 324 g/mol. The van der Waals surface area contributed by atoms with Crippen LogP contribution in [0.25, 0.3) is 0 Å².